The molecule has 1 aromatic rings. The van der Waals surface area contributed by atoms with E-state index in [0.29, 0.717) is 5.02 Å². The molecule has 0 radical (unpaired) electrons. The molecule has 0 saturated carbocycles. The third-order valence-electron chi connectivity index (χ3n) is 3.88. The van der Waals surface area contributed by atoms with Crippen LogP contribution in [0.3, 0.4) is 0 Å². The molecule has 108 valence electrons. The first kappa shape index (κ1) is 16.7. The van der Waals surface area contributed by atoms with Crippen LogP contribution in [-0.2, 0) is 4.43 Å². The van der Waals surface area contributed by atoms with Crippen LogP contribution in [0.2, 0.25) is 23.2 Å². The van der Waals surface area contributed by atoms with Gasteiger partial charge in [0, 0.05) is 10.6 Å². The Kier molecular flexibility index (Phi) is 5.24. The fraction of sp³-hybridized carbons (Fsp3) is 0.600. The van der Waals surface area contributed by atoms with Crippen molar-refractivity contribution in [3.63, 3.8) is 0 Å². The number of hydrogen-bond acceptors (Lipinski definition) is 2. The highest BCUT2D eigenvalue weighted by molar-refractivity contribution is 6.74. The Balaban J connectivity index is 3.08. The number of aliphatic hydroxyl groups is 1. The van der Waals surface area contributed by atoms with Gasteiger partial charge in [-0.1, -0.05) is 50.6 Å². The van der Waals surface area contributed by atoms with Crippen molar-refractivity contribution in [3.05, 3.63) is 34.9 Å². The molecule has 2 atom stereocenters. The Hall–Kier alpha value is -0.353. The minimum absolute atomic E-state index is 0.0986. The molecule has 0 spiro atoms. The van der Waals surface area contributed by atoms with E-state index in [-0.39, 0.29) is 11.1 Å². The Bertz CT molecular complexity index is 424. The average Bonchev–Trinajstić information content (AvgIpc) is 2.25. The minimum atomic E-state index is -1.96. The van der Waals surface area contributed by atoms with Crippen LogP contribution in [0, 0.1) is 0 Å². The van der Waals surface area contributed by atoms with Crippen LogP contribution in [0.5, 0.6) is 0 Å². The number of benzene rings is 1. The van der Waals surface area contributed by atoms with E-state index in [1.807, 2.05) is 24.3 Å². The summed E-state index contributed by atoms with van der Waals surface area (Å²) in [5.74, 6) is 0. The number of hydrogen-bond donors (Lipinski definition) is 1. The van der Waals surface area contributed by atoms with Gasteiger partial charge in [0.2, 0.25) is 0 Å². The molecule has 1 aromatic carbocycles. The van der Waals surface area contributed by atoms with Gasteiger partial charge in [-0.05, 0) is 31.1 Å². The molecule has 19 heavy (non-hydrogen) atoms. The van der Waals surface area contributed by atoms with Crippen molar-refractivity contribution in [2.75, 3.05) is 0 Å². The van der Waals surface area contributed by atoms with E-state index < -0.39 is 14.4 Å². The molecule has 0 saturated heterocycles. The molecule has 0 aliphatic rings. The van der Waals surface area contributed by atoms with Crippen LogP contribution in [0.1, 0.15) is 39.4 Å². The van der Waals surface area contributed by atoms with Gasteiger partial charge in [0.05, 0.1) is 12.2 Å². The Labute approximate surface area is 122 Å². The van der Waals surface area contributed by atoms with Crippen LogP contribution >= 0.6 is 11.6 Å². The lowest BCUT2D eigenvalue weighted by Crippen LogP contribution is -2.43. The largest absolute Gasteiger partial charge is 0.407 e. The van der Waals surface area contributed by atoms with Crippen LogP contribution < -0.4 is 0 Å². The molecule has 1 N–H and O–H groups in total. The fourth-order valence-electron chi connectivity index (χ4n) is 1.62. The smallest absolute Gasteiger partial charge is 0.193 e. The second-order valence-corrected chi connectivity index (χ2v) is 11.7. The maximum Gasteiger partial charge on any atom is 0.193 e. The molecule has 1 unspecified atom stereocenters. The van der Waals surface area contributed by atoms with Crippen LogP contribution in [0.4, 0.5) is 0 Å². The molecule has 0 bridgehead atoms. The lowest BCUT2D eigenvalue weighted by molar-refractivity contribution is 0.0386. The molecule has 0 fully saturated rings. The van der Waals surface area contributed by atoms with E-state index in [1.54, 1.807) is 6.92 Å². The molecular weight excluding hydrogens is 276 g/mol. The van der Waals surface area contributed by atoms with E-state index >= 15 is 0 Å². The molecule has 0 aromatic heterocycles. The fourth-order valence-corrected chi connectivity index (χ4v) is 3.18. The van der Waals surface area contributed by atoms with Crippen molar-refractivity contribution in [2.45, 2.75) is 58.0 Å². The molecule has 0 heterocycles. The molecule has 1 rings (SSSR count). The Morgan fingerprint density at radius 3 is 2.16 bits per heavy atom. The number of rotatable bonds is 4. The van der Waals surface area contributed by atoms with Gasteiger partial charge in [-0.3, -0.25) is 0 Å². The number of aliphatic hydroxyl groups excluding tert-OH is 1. The van der Waals surface area contributed by atoms with E-state index in [2.05, 4.69) is 33.9 Å². The summed E-state index contributed by atoms with van der Waals surface area (Å²) in [6, 6.07) is 7.57. The third kappa shape index (κ3) is 4.05. The SMILES string of the molecule is CC(O)[C@@H](O[Si](C)(C)C(C)(C)C)c1ccccc1Cl. The Morgan fingerprint density at radius 2 is 1.74 bits per heavy atom. The van der Waals surface area contributed by atoms with Crippen molar-refractivity contribution < 1.29 is 9.53 Å². The monoisotopic (exact) mass is 300 g/mol. The Morgan fingerprint density at radius 1 is 1.21 bits per heavy atom. The maximum absolute atomic E-state index is 10.1. The van der Waals surface area contributed by atoms with Gasteiger partial charge in [-0.25, -0.2) is 0 Å². The van der Waals surface area contributed by atoms with Gasteiger partial charge in [0.15, 0.2) is 8.32 Å². The predicted molar refractivity (Wildman–Crippen MR) is 84.2 cm³/mol. The van der Waals surface area contributed by atoms with Crippen molar-refractivity contribution in [1.82, 2.24) is 0 Å². The van der Waals surface area contributed by atoms with Crippen molar-refractivity contribution in [1.29, 1.82) is 0 Å². The highest BCUT2D eigenvalue weighted by Gasteiger charge is 2.40. The maximum atomic E-state index is 10.1. The normalized spacial score (nSPS) is 16.2. The number of halogens is 1. The summed E-state index contributed by atoms with van der Waals surface area (Å²) in [4.78, 5) is 0. The quantitative estimate of drug-likeness (QED) is 0.811. The van der Waals surface area contributed by atoms with Crippen molar-refractivity contribution in [3.8, 4) is 0 Å². The van der Waals surface area contributed by atoms with E-state index in [9.17, 15) is 5.11 Å². The summed E-state index contributed by atoms with van der Waals surface area (Å²) >= 11 is 6.23. The molecule has 0 amide bonds. The zero-order valence-electron chi connectivity index (χ0n) is 12.7. The van der Waals surface area contributed by atoms with Crippen molar-refractivity contribution >= 4 is 19.9 Å². The summed E-state index contributed by atoms with van der Waals surface area (Å²) < 4.78 is 6.34. The first-order valence-electron chi connectivity index (χ1n) is 6.66. The topological polar surface area (TPSA) is 29.5 Å². The van der Waals surface area contributed by atoms with Gasteiger partial charge in [-0.15, -0.1) is 0 Å². The highest BCUT2D eigenvalue weighted by atomic mass is 35.5. The average molecular weight is 301 g/mol. The highest BCUT2D eigenvalue weighted by Crippen LogP contribution is 2.41. The third-order valence-corrected chi connectivity index (χ3v) is 8.68. The molecule has 2 nitrogen and oxygen atoms in total. The van der Waals surface area contributed by atoms with Gasteiger partial charge in [0.1, 0.15) is 0 Å². The summed E-state index contributed by atoms with van der Waals surface area (Å²) in [6.45, 7) is 12.7. The first-order chi connectivity index (χ1) is 8.56. The van der Waals surface area contributed by atoms with Gasteiger partial charge in [0.25, 0.3) is 0 Å². The summed E-state index contributed by atoms with van der Waals surface area (Å²) in [5.41, 5.74) is 0.865. The summed E-state index contributed by atoms with van der Waals surface area (Å²) in [6.07, 6.45) is -0.955. The summed E-state index contributed by atoms with van der Waals surface area (Å²) in [7, 11) is -1.96. The van der Waals surface area contributed by atoms with Crippen LogP contribution in [0.25, 0.3) is 0 Å². The lowest BCUT2D eigenvalue weighted by atomic mass is 10.1. The van der Waals surface area contributed by atoms with Gasteiger partial charge < -0.3 is 9.53 Å². The van der Waals surface area contributed by atoms with Gasteiger partial charge >= 0.3 is 0 Å². The predicted octanol–water partition coefficient (Wildman–Crippen LogP) is 4.78. The molecule has 0 aliphatic carbocycles. The summed E-state index contributed by atoms with van der Waals surface area (Å²) in [5, 5.41) is 10.8. The zero-order valence-corrected chi connectivity index (χ0v) is 14.5. The van der Waals surface area contributed by atoms with Gasteiger partial charge in [-0.2, -0.15) is 0 Å². The lowest BCUT2D eigenvalue weighted by Gasteiger charge is -2.40. The minimum Gasteiger partial charge on any atom is -0.407 e. The zero-order chi connectivity index (χ0) is 14.8. The second kappa shape index (κ2) is 5.96. The standard InChI is InChI=1S/C15H25ClO2Si/c1-11(17)14(12-9-7-8-10-13(12)16)18-19(5,6)15(2,3)4/h7-11,14,17H,1-6H3/t11?,14-/m1/s1. The van der Waals surface area contributed by atoms with E-state index in [0.717, 1.165) is 5.56 Å². The van der Waals surface area contributed by atoms with Crippen LogP contribution in [-0.4, -0.2) is 19.5 Å². The first-order valence-corrected chi connectivity index (χ1v) is 9.95. The molecule has 0 aliphatic heterocycles. The van der Waals surface area contributed by atoms with E-state index in [4.69, 9.17) is 16.0 Å². The molecular formula is C15H25ClO2Si. The van der Waals surface area contributed by atoms with Crippen molar-refractivity contribution in [2.24, 2.45) is 0 Å². The second-order valence-electron chi connectivity index (χ2n) is 6.56. The molecule has 4 heteroatoms. The van der Waals surface area contributed by atoms with E-state index in [1.165, 1.54) is 0 Å². The van der Waals surface area contributed by atoms with Crippen LogP contribution in [0.15, 0.2) is 24.3 Å².